The van der Waals surface area contributed by atoms with E-state index in [0.29, 0.717) is 49.5 Å². The van der Waals surface area contributed by atoms with Crippen LogP contribution in [0.3, 0.4) is 0 Å². The molecule has 0 aromatic rings. The summed E-state index contributed by atoms with van der Waals surface area (Å²) in [6, 6.07) is 0. The molecule has 2 atom stereocenters. The van der Waals surface area contributed by atoms with Crippen LogP contribution < -0.4 is 5.32 Å². The number of hydrogen-bond acceptors (Lipinski definition) is 2. The summed E-state index contributed by atoms with van der Waals surface area (Å²) in [4.78, 5) is 0. The molecule has 2 nitrogen and oxygen atoms in total. The monoisotopic (exact) mass is 341 g/mol. The first-order valence-electron chi connectivity index (χ1n) is 3.58. The van der Waals surface area contributed by atoms with Crippen LogP contribution in [-0.4, -0.2) is 19.2 Å². The van der Waals surface area contributed by atoms with Crippen LogP contribution in [-0.2, 0) is 0.545 Å². The van der Waals surface area contributed by atoms with Gasteiger partial charge in [0.15, 0.2) is 0 Å². The van der Waals surface area contributed by atoms with Gasteiger partial charge in [0.05, 0.1) is 0 Å². The molecule has 0 aromatic heterocycles. The number of nitrogens with one attached hydrogen (secondary N) is 1. The van der Waals surface area contributed by atoms with Gasteiger partial charge in [0.25, 0.3) is 0 Å². The Kier molecular flexibility index (Phi) is 4.06. The minimum atomic E-state index is 0.291. The zero-order valence-electron chi connectivity index (χ0n) is 6.18. The molecule has 9 heavy (non-hydrogen) atoms. The van der Waals surface area contributed by atoms with Crippen LogP contribution >= 0.6 is 0 Å². The molecular formula is C6H13NORa. The van der Waals surface area contributed by atoms with Crippen molar-refractivity contribution in [3.63, 3.8) is 0 Å². The molecule has 1 aliphatic heterocycles. The molecule has 1 saturated heterocycles. The summed E-state index contributed by atoms with van der Waals surface area (Å²) in [5.74, 6) is 0.803. The molecule has 0 spiro atoms. The second-order valence-electron chi connectivity index (χ2n) is 2.69. The van der Waals surface area contributed by atoms with Crippen LogP contribution in [0.1, 0.15) is 13.3 Å². The van der Waals surface area contributed by atoms with Gasteiger partial charge >= 0.3 is 87.7 Å². The molecule has 1 heterocycles. The summed E-state index contributed by atoms with van der Waals surface area (Å²) in [5.41, 5.74) is 0. The minimum absolute atomic E-state index is 0.291. The zero-order valence-corrected chi connectivity index (χ0v) is 14.4. The SMILES string of the molecule is CC([O][RaH])[C@H]1CCNC1. The summed E-state index contributed by atoms with van der Waals surface area (Å²) in [6.45, 7) is 4.56. The van der Waals surface area contributed by atoms with E-state index in [2.05, 4.69) is 12.2 Å². The van der Waals surface area contributed by atoms with Gasteiger partial charge in [0.2, 0.25) is 0 Å². The van der Waals surface area contributed by atoms with Gasteiger partial charge in [-0.3, -0.25) is 0 Å². The van der Waals surface area contributed by atoms with Gasteiger partial charge < -0.3 is 0 Å². The molecule has 1 N–H and O–H groups in total. The van der Waals surface area contributed by atoms with Gasteiger partial charge in [-0.1, -0.05) is 0 Å². The molecule has 0 radical (unpaired) electrons. The van der Waals surface area contributed by atoms with Gasteiger partial charge in [0, 0.05) is 0 Å². The van der Waals surface area contributed by atoms with Crippen LogP contribution in [0.25, 0.3) is 0 Å². The topological polar surface area (TPSA) is 21.3 Å². The molecule has 1 rings (SSSR count). The van der Waals surface area contributed by atoms with Crippen molar-refractivity contribution in [2.45, 2.75) is 19.4 Å². The Morgan fingerprint density at radius 2 is 2.56 bits per heavy atom. The molecule has 1 fully saturated rings. The Morgan fingerprint density at radius 1 is 1.78 bits per heavy atom. The summed E-state index contributed by atoms with van der Waals surface area (Å²) in [6.07, 6.45) is 1.84. The molecule has 0 aliphatic carbocycles. The third-order valence-electron chi connectivity index (χ3n) is 2.13. The van der Waals surface area contributed by atoms with Crippen molar-refractivity contribution in [1.29, 1.82) is 0 Å². The fraction of sp³-hybridized carbons (Fsp3) is 1.00. The van der Waals surface area contributed by atoms with E-state index in [1.807, 2.05) is 0 Å². The van der Waals surface area contributed by atoms with Crippen LogP contribution in [0.5, 0.6) is 0 Å². The second-order valence-corrected chi connectivity index (χ2v) is 4.63. The van der Waals surface area contributed by atoms with E-state index >= 15 is 0 Å². The van der Waals surface area contributed by atoms with Crippen LogP contribution in [0.4, 0.5) is 0 Å². The first kappa shape index (κ1) is 8.48. The van der Waals surface area contributed by atoms with E-state index in [-0.39, 0.29) is 0 Å². The van der Waals surface area contributed by atoms with Gasteiger partial charge in [-0.25, -0.2) is 0 Å². The molecule has 0 bridgehead atoms. The first-order valence-corrected chi connectivity index (χ1v) is 6.93. The van der Waals surface area contributed by atoms with E-state index in [0.717, 1.165) is 5.92 Å². The average molecular weight is 341 g/mol. The molecule has 1 unspecified atom stereocenters. The summed E-state index contributed by atoms with van der Waals surface area (Å²) >= 11 is 0.291. The van der Waals surface area contributed by atoms with E-state index in [1.54, 1.807) is 0 Å². The van der Waals surface area contributed by atoms with Crippen molar-refractivity contribution in [1.82, 2.24) is 5.32 Å². The van der Waals surface area contributed by atoms with E-state index in [4.69, 9.17) is 0.545 Å². The number of hydrogen-bond donors (Lipinski definition) is 1. The van der Waals surface area contributed by atoms with Gasteiger partial charge in [-0.05, 0) is 0 Å². The quantitative estimate of drug-likeness (QED) is 0.775. The summed E-state index contributed by atoms with van der Waals surface area (Å²) < 4.78 is 5.42. The predicted octanol–water partition coefficient (Wildman–Crippen LogP) is 0.198. The Balaban J connectivity index is 2.24. The number of rotatable bonds is 2. The molecule has 0 aromatic carbocycles. The van der Waals surface area contributed by atoms with E-state index in [1.165, 1.54) is 19.5 Å². The molecule has 1 aliphatic rings. The van der Waals surface area contributed by atoms with Crippen LogP contribution in [0, 0.1) is 49.3 Å². The molecular weight excluding hydrogens is 328 g/mol. The van der Waals surface area contributed by atoms with Gasteiger partial charge in [-0.2, -0.15) is 0 Å². The van der Waals surface area contributed by atoms with Crippen molar-refractivity contribution >= 4 is 0 Å². The Labute approximate surface area is 86.7 Å². The third kappa shape index (κ3) is 2.48. The van der Waals surface area contributed by atoms with Crippen molar-refractivity contribution in [2.24, 2.45) is 5.92 Å². The summed E-state index contributed by atoms with van der Waals surface area (Å²) in [7, 11) is 0. The molecule has 0 saturated carbocycles. The van der Waals surface area contributed by atoms with Gasteiger partial charge in [-0.15, -0.1) is 0 Å². The van der Waals surface area contributed by atoms with Crippen molar-refractivity contribution in [3.05, 3.63) is 0 Å². The predicted molar refractivity (Wildman–Crippen MR) is 32.9 cm³/mol. The fourth-order valence-corrected chi connectivity index (χ4v) is 2.85. The van der Waals surface area contributed by atoms with Crippen molar-refractivity contribution in [2.75, 3.05) is 13.1 Å². The van der Waals surface area contributed by atoms with E-state index in [9.17, 15) is 0 Å². The van der Waals surface area contributed by atoms with E-state index < -0.39 is 0 Å². The Morgan fingerprint density at radius 3 is 3.00 bits per heavy atom. The normalized spacial score (nSPS) is 30.4. The van der Waals surface area contributed by atoms with Gasteiger partial charge in [0.1, 0.15) is 0 Å². The first-order chi connectivity index (χ1) is 4.34. The van der Waals surface area contributed by atoms with Crippen LogP contribution in [0.15, 0.2) is 0 Å². The van der Waals surface area contributed by atoms with Crippen molar-refractivity contribution < 1.29 is 44.0 Å². The fourth-order valence-electron chi connectivity index (χ4n) is 1.27. The molecule has 0 amide bonds. The molecule has 3 heteroatoms. The second kappa shape index (κ2) is 4.30. The summed E-state index contributed by atoms with van der Waals surface area (Å²) in [5, 5.41) is 3.33. The Bertz CT molecular complexity index is 83.1. The maximum atomic E-state index is 5.42. The standard InChI is InChI=1S/C6H12NO.Ra.H/c1-5(8)6-2-3-7-4-6;;/h5-7H,2-4H2,1H3;;/q-1;+1;/t5?,6-;;/m0../s1. The third-order valence-corrected chi connectivity index (χ3v) is 5.19. The zero-order chi connectivity index (χ0) is 6.69. The average Bonchev–Trinajstić information content (AvgIpc) is 2.37. The van der Waals surface area contributed by atoms with Crippen molar-refractivity contribution in [3.8, 4) is 0 Å². The van der Waals surface area contributed by atoms with Crippen LogP contribution in [0.2, 0.25) is 0 Å². The maximum absolute atomic E-state index is 5.42. The molecule has 50 valence electrons. The Hall–Kier alpha value is 1.39.